The quantitative estimate of drug-likeness (QED) is 0.471. The summed E-state index contributed by atoms with van der Waals surface area (Å²) in [5.74, 6) is -0.115. The van der Waals surface area contributed by atoms with E-state index in [1.807, 2.05) is 6.92 Å². The van der Waals surface area contributed by atoms with E-state index in [-0.39, 0.29) is 23.9 Å². The Labute approximate surface area is 127 Å². The number of phenols is 2. The van der Waals surface area contributed by atoms with Crippen LogP contribution < -0.4 is 0 Å². The van der Waals surface area contributed by atoms with E-state index < -0.39 is 5.41 Å². The van der Waals surface area contributed by atoms with Crippen LogP contribution >= 0.6 is 15.9 Å². The fourth-order valence-electron chi connectivity index (χ4n) is 2.33. The predicted molar refractivity (Wildman–Crippen MR) is 81.5 cm³/mol. The van der Waals surface area contributed by atoms with E-state index in [1.165, 1.54) is 13.2 Å². The number of carbonyl (C=O) groups excluding carboxylic acids is 1. The number of alkyl halides is 1. The van der Waals surface area contributed by atoms with Gasteiger partial charge in [0.2, 0.25) is 0 Å². The molecule has 4 nitrogen and oxygen atoms in total. The van der Waals surface area contributed by atoms with E-state index >= 15 is 0 Å². The predicted octanol–water partition coefficient (Wildman–Crippen LogP) is 3.40. The van der Waals surface area contributed by atoms with Gasteiger partial charge in [0.1, 0.15) is 11.5 Å². The summed E-state index contributed by atoms with van der Waals surface area (Å²) in [7, 11) is 1.35. The monoisotopic (exact) mass is 344 g/mol. The number of ether oxygens (including phenoxy) is 1. The molecule has 1 atom stereocenters. The number of hydrogen-bond acceptors (Lipinski definition) is 4. The van der Waals surface area contributed by atoms with Gasteiger partial charge in [0.25, 0.3) is 0 Å². The number of aromatic hydroxyl groups is 2. The number of carbonyl (C=O) groups is 1. The van der Waals surface area contributed by atoms with Gasteiger partial charge >= 0.3 is 5.97 Å². The van der Waals surface area contributed by atoms with Crippen molar-refractivity contribution in [3.8, 4) is 11.5 Å². The summed E-state index contributed by atoms with van der Waals surface area (Å²) in [6, 6.07) is 3.07. The molecule has 0 aliphatic rings. The zero-order valence-corrected chi connectivity index (χ0v) is 13.7. The highest BCUT2D eigenvalue weighted by Crippen LogP contribution is 2.41. The molecule has 20 heavy (non-hydrogen) atoms. The van der Waals surface area contributed by atoms with Gasteiger partial charge in [-0.15, -0.1) is 0 Å². The molecule has 0 heterocycles. The van der Waals surface area contributed by atoms with Crippen molar-refractivity contribution in [1.82, 2.24) is 0 Å². The second-order valence-electron chi connectivity index (χ2n) is 5.26. The van der Waals surface area contributed by atoms with Crippen LogP contribution in [-0.4, -0.2) is 28.6 Å². The maximum Gasteiger partial charge on any atom is 0.306 e. The summed E-state index contributed by atoms with van der Waals surface area (Å²) in [5, 5.41) is 20.8. The Balaban J connectivity index is 3.22. The van der Waals surface area contributed by atoms with E-state index in [9.17, 15) is 15.0 Å². The molecule has 2 N–H and O–H groups in total. The number of aryl methyl sites for hydroxylation is 1. The number of esters is 1. The molecule has 1 aromatic carbocycles. The van der Waals surface area contributed by atoms with Gasteiger partial charge in [0.15, 0.2) is 0 Å². The Kier molecular flexibility index (Phi) is 5.87. The van der Waals surface area contributed by atoms with Gasteiger partial charge < -0.3 is 14.9 Å². The van der Waals surface area contributed by atoms with Crippen LogP contribution in [0.1, 0.15) is 37.3 Å². The van der Waals surface area contributed by atoms with Gasteiger partial charge in [-0.05, 0) is 37.5 Å². The third kappa shape index (κ3) is 3.88. The third-order valence-electron chi connectivity index (χ3n) is 3.59. The lowest BCUT2D eigenvalue weighted by Crippen LogP contribution is -2.27. The van der Waals surface area contributed by atoms with Crippen LogP contribution in [0.4, 0.5) is 0 Å². The Morgan fingerprint density at radius 2 is 2.00 bits per heavy atom. The smallest absolute Gasteiger partial charge is 0.306 e. The molecule has 1 unspecified atom stereocenters. The van der Waals surface area contributed by atoms with Gasteiger partial charge in [0.05, 0.1) is 13.5 Å². The minimum Gasteiger partial charge on any atom is -0.508 e. The number of rotatable bonds is 6. The van der Waals surface area contributed by atoms with Gasteiger partial charge in [-0.2, -0.15) is 0 Å². The first-order chi connectivity index (χ1) is 9.34. The average molecular weight is 345 g/mol. The number of benzene rings is 1. The summed E-state index contributed by atoms with van der Waals surface area (Å²) < 4.78 is 4.75. The number of methoxy groups -OCH3 is 1. The topological polar surface area (TPSA) is 66.8 Å². The molecule has 0 aliphatic heterocycles. The summed E-state index contributed by atoms with van der Waals surface area (Å²) in [4.78, 5) is 11.6. The van der Waals surface area contributed by atoms with E-state index in [2.05, 4.69) is 15.9 Å². The molecule has 0 aromatic heterocycles. The lowest BCUT2D eigenvalue weighted by Gasteiger charge is -2.30. The van der Waals surface area contributed by atoms with Crippen LogP contribution in [0.15, 0.2) is 12.1 Å². The van der Waals surface area contributed by atoms with Crippen LogP contribution in [-0.2, 0) is 14.9 Å². The molecule has 5 heteroatoms. The molecule has 0 amide bonds. The van der Waals surface area contributed by atoms with Gasteiger partial charge in [0, 0.05) is 16.3 Å². The van der Waals surface area contributed by atoms with E-state index in [0.29, 0.717) is 17.5 Å². The number of hydrogen-bond donors (Lipinski definition) is 2. The maximum atomic E-state index is 11.6. The minimum absolute atomic E-state index is 0.0984. The van der Waals surface area contributed by atoms with Crippen molar-refractivity contribution in [3.63, 3.8) is 0 Å². The maximum absolute atomic E-state index is 11.6. The minimum atomic E-state index is -0.573. The number of halogens is 1. The highest BCUT2D eigenvalue weighted by atomic mass is 79.9. The van der Waals surface area contributed by atoms with Crippen LogP contribution in [0, 0.1) is 6.92 Å². The van der Waals surface area contributed by atoms with E-state index in [0.717, 1.165) is 11.8 Å². The van der Waals surface area contributed by atoms with Gasteiger partial charge in [-0.3, -0.25) is 4.79 Å². The highest BCUT2D eigenvalue weighted by Gasteiger charge is 2.32. The second-order valence-corrected chi connectivity index (χ2v) is 6.05. The molecule has 0 fully saturated rings. The first-order valence-corrected chi connectivity index (χ1v) is 7.62. The van der Waals surface area contributed by atoms with Crippen LogP contribution in [0.2, 0.25) is 0 Å². The highest BCUT2D eigenvalue weighted by molar-refractivity contribution is 9.09. The normalized spacial score (nSPS) is 13.8. The van der Waals surface area contributed by atoms with Crippen molar-refractivity contribution in [1.29, 1.82) is 0 Å². The molecule has 0 saturated carbocycles. The lowest BCUT2D eigenvalue weighted by molar-refractivity contribution is -0.142. The van der Waals surface area contributed by atoms with Crippen LogP contribution in [0.3, 0.4) is 0 Å². The van der Waals surface area contributed by atoms with Crippen molar-refractivity contribution in [2.24, 2.45) is 0 Å². The Hall–Kier alpha value is -1.23. The summed E-state index contributed by atoms with van der Waals surface area (Å²) in [6.45, 7) is 3.62. The van der Waals surface area contributed by atoms with Gasteiger partial charge in [-0.25, -0.2) is 0 Å². The molecule has 0 aliphatic carbocycles. The molecule has 0 radical (unpaired) electrons. The van der Waals surface area contributed by atoms with Crippen molar-refractivity contribution < 1.29 is 19.7 Å². The molecular weight excluding hydrogens is 324 g/mol. The van der Waals surface area contributed by atoms with Crippen molar-refractivity contribution >= 4 is 21.9 Å². The fourth-order valence-corrected chi connectivity index (χ4v) is 2.61. The fraction of sp³-hybridized carbons (Fsp3) is 0.533. The molecule has 0 saturated heterocycles. The van der Waals surface area contributed by atoms with Gasteiger partial charge in [-0.1, -0.05) is 22.9 Å². The van der Waals surface area contributed by atoms with Crippen LogP contribution in [0.25, 0.3) is 0 Å². The molecule has 0 bridgehead atoms. The molecule has 0 spiro atoms. The molecule has 112 valence electrons. The standard InChI is InChI=1S/C15H21BrO4/c1-10-7-13(18)11(8-12(10)17)15(2,5-4-6-16)9-14(19)20-3/h7-8,17-18H,4-6,9H2,1-3H3. The Morgan fingerprint density at radius 3 is 2.55 bits per heavy atom. The zero-order valence-electron chi connectivity index (χ0n) is 12.1. The largest absolute Gasteiger partial charge is 0.508 e. The summed E-state index contributed by atoms with van der Waals surface area (Å²) >= 11 is 3.37. The molecule has 1 aromatic rings. The van der Waals surface area contributed by atoms with Crippen molar-refractivity contribution in [3.05, 3.63) is 23.3 Å². The number of phenolic OH excluding ortho intramolecular Hbond substituents is 2. The molecular formula is C15H21BrO4. The Morgan fingerprint density at radius 1 is 1.35 bits per heavy atom. The van der Waals surface area contributed by atoms with E-state index in [4.69, 9.17) is 4.74 Å². The third-order valence-corrected chi connectivity index (χ3v) is 4.15. The SMILES string of the molecule is COC(=O)CC(C)(CCCBr)c1cc(O)c(C)cc1O. The first-order valence-electron chi connectivity index (χ1n) is 6.50. The summed E-state index contributed by atoms with van der Waals surface area (Å²) in [6.07, 6.45) is 1.71. The van der Waals surface area contributed by atoms with Crippen molar-refractivity contribution in [2.45, 2.75) is 38.5 Å². The molecule has 1 rings (SSSR count). The average Bonchev–Trinajstić information content (AvgIpc) is 2.40. The summed E-state index contributed by atoms with van der Waals surface area (Å²) in [5.41, 5.74) is 0.606. The lowest BCUT2D eigenvalue weighted by atomic mass is 9.75. The first kappa shape index (κ1) is 16.8. The van der Waals surface area contributed by atoms with Crippen molar-refractivity contribution in [2.75, 3.05) is 12.4 Å². The Bertz CT molecular complexity index is 487. The van der Waals surface area contributed by atoms with Crippen LogP contribution in [0.5, 0.6) is 11.5 Å². The zero-order chi connectivity index (χ0) is 15.3. The van der Waals surface area contributed by atoms with E-state index in [1.54, 1.807) is 13.0 Å². The second kappa shape index (κ2) is 6.97.